The van der Waals surface area contributed by atoms with E-state index in [1.165, 1.54) is 0 Å². The molecule has 0 rings (SSSR count). The van der Waals surface area contributed by atoms with Gasteiger partial charge in [-0.2, -0.15) is 25.8 Å². The zero-order valence-electron chi connectivity index (χ0n) is 5.37. The van der Waals surface area contributed by atoms with Gasteiger partial charge in [-0.15, -0.1) is 0 Å². The zero-order valence-corrected chi connectivity index (χ0v) is 6.27. The van der Waals surface area contributed by atoms with Crippen molar-refractivity contribution >= 4 is 12.6 Å². The molecule has 0 saturated carbocycles. The Labute approximate surface area is 62.0 Å². The van der Waals surface area contributed by atoms with E-state index >= 15 is 0 Å². The first-order valence-corrected chi connectivity index (χ1v) is 3.31. The van der Waals surface area contributed by atoms with Crippen LogP contribution < -0.4 is 0 Å². The van der Waals surface area contributed by atoms with Gasteiger partial charge in [-0.05, 0) is 19.1 Å². The molecule has 0 saturated heterocycles. The van der Waals surface area contributed by atoms with E-state index in [2.05, 4.69) is 12.6 Å². The van der Waals surface area contributed by atoms with Crippen molar-refractivity contribution in [3.8, 4) is 0 Å². The van der Waals surface area contributed by atoms with Crippen molar-refractivity contribution in [2.75, 3.05) is 5.75 Å². The summed E-state index contributed by atoms with van der Waals surface area (Å²) in [5.41, 5.74) is -3.09. The fraction of sp³-hybridized carbons (Fsp3) is 1.00. The summed E-state index contributed by atoms with van der Waals surface area (Å²) in [5.74, 6) is -0.105. The molecule has 0 fully saturated rings. The SMILES string of the molecule is CC(F)(CCS)C(F)(F)F. The lowest BCUT2D eigenvalue weighted by Gasteiger charge is -2.22. The van der Waals surface area contributed by atoms with Gasteiger partial charge in [0.1, 0.15) is 0 Å². The number of halogens is 4. The first-order valence-electron chi connectivity index (χ1n) is 2.68. The van der Waals surface area contributed by atoms with Gasteiger partial charge >= 0.3 is 6.18 Å². The lowest BCUT2D eigenvalue weighted by Crippen LogP contribution is -2.37. The molecule has 10 heavy (non-hydrogen) atoms. The molecular formula is C5H8F4S. The van der Waals surface area contributed by atoms with E-state index in [1.54, 1.807) is 0 Å². The van der Waals surface area contributed by atoms with Crippen LogP contribution in [0.4, 0.5) is 17.6 Å². The van der Waals surface area contributed by atoms with E-state index in [0.29, 0.717) is 6.92 Å². The molecule has 0 aromatic rings. The van der Waals surface area contributed by atoms with Crippen molar-refractivity contribution in [1.82, 2.24) is 0 Å². The molecule has 0 amide bonds. The van der Waals surface area contributed by atoms with Gasteiger partial charge in [0.25, 0.3) is 0 Å². The van der Waals surface area contributed by atoms with E-state index < -0.39 is 18.3 Å². The summed E-state index contributed by atoms with van der Waals surface area (Å²) >= 11 is 3.51. The molecular weight excluding hydrogens is 168 g/mol. The second-order valence-electron chi connectivity index (χ2n) is 2.17. The van der Waals surface area contributed by atoms with Gasteiger partial charge in [-0.3, -0.25) is 0 Å². The monoisotopic (exact) mass is 176 g/mol. The van der Waals surface area contributed by atoms with Gasteiger partial charge in [-0.25, -0.2) is 4.39 Å². The normalized spacial score (nSPS) is 18.6. The summed E-state index contributed by atoms with van der Waals surface area (Å²) in [5, 5.41) is 0. The minimum absolute atomic E-state index is 0.105. The summed E-state index contributed by atoms with van der Waals surface area (Å²) in [7, 11) is 0. The van der Waals surface area contributed by atoms with Crippen LogP contribution in [0.25, 0.3) is 0 Å². The van der Waals surface area contributed by atoms with Crippen molar-refractivity contribution in [3.05, 3.63) is 0 Å². The van der Waals surface area contributed by atoms with Crippen LogP contribution in [-0.2, 0) is 0 Å². The van der Waals surface area contributed by atoms with Crippen LogP contribution >= 0.6 is 12.6 Å². The predicted octanol–water partition coefficient (Wildman–Crippen LogP) is 2.60. The fourth-order valence-corrected chi connectivity index (χ4v) is 0.772. The Balaban J connectivity index is 4.10. The fourth-order valence-electron chi connectivity index (χ4n) is 0.352. The van der Waals surface area contributed by atoms with Crippen LogP contribution in [0.1, 0.15) is 13.3 Å². The summed E-state index contributed by atoms with van der Waals surface area (Å²) in [6, 6.07) is 0. The van der Waals surface area contributed by atoms with E-state index in [1.807, 2.05) is 0 Å². The van der Waals surface area contributed by atoms with E-state index in [0.717, 1.165) is 0 Å². The average molecular weight is 176 g/mol. The van der Waals surface area contributed by atoms with Gasteiger partial charge in [-0.1, -0.05) is 0 Å². The quantitative estimate of drug-likeness (QED) is 0.485. The molecule has 0 aliphatic heterocycles. The molecule has 0 aliphatic carbocycles. The topological polar surface area (TPSA) is 0 Å². The van der Waals surface area contributed by atoms with Crippen molar-refractivity contribution in [2.45, 2.75) is 25.2 Å². The van der Waals surface area contributed by atoms with Crippen LogP contribution in [0.3, 0.4) is 0 Å². The highest BCUT2D eigenvalue weighted by Crippen LogP contribution is 2.36. The Morgan fingerprint density at radius 1 is 1.20 bits per heavy atom. The third-order valence-corrected chi connectivity index (χ3v) is 1.40. The molecule has 0 bridgehead atoms. The maximum absolute atomic E-state index is 12.4. The molecule has 0 nitrogen and oxygen atoms in total. The van der Waals surface area contributed by atoms with E-state index in [9.17, 15) is 17.6 Å². The molecule has 1 atom stereocenters. The van der Waals surface area contributed by atoms with Crippen LogP contribution in [0.15, 0.2) is 0 Å². The molecule has 0 aromatic carbocycles. The van der Waals surface area contributed by atoms with Crippen LogP contribution in [0, 0.1) is 0 Å². The van der Waals surface area contributed by atoms with Crippen molar-refractivity contribution in [3.63, 3.8) is 0 Å². The maximum Gasteiger partial charge on any atom is 0.422 e. The highest BCUT2D eigenvalue weighted by atomic mass is 32.1. The van der Waals surface area contributed by atoms with Crippen LogP contribution in [-0.4, -0.2) is 17.6 Å². The summed E-state index contributed by atoms with van der Waals surface area (Å²) in [4.78, 5) is 0. The highest BCUT2D eigenvalue weighted by molar-refractivity contribution is 7.80. The van der Waals surface area contributed by atoms with Crippen molar-refractivity contribution in [1.29, 1.82) is 0 Å². The van der Waals surface area contributed by atoms with E-state index in [4.69, 9.17) is 0 Å². The van der Waals surface area contributed by atoms with Crippen molar-refractivity contribution in [2.24, 2.45) is 0 Å². The molecule has 5 heteroatoms. The predicted molar refractivity (Wildman–Crippen MR) is 34.0 cm³/mol. The third-order valence-electron chi connectivity index (χ3n) is 1.17. The second kappa shape index (κ2) is 2.98. The number of hydrogen-bond acceptors (Lipinski definition) is 1. The Hall–Kier alpha value is 0.0700. The Bertz CT molecular complexity index is 107. The highest BCUT2D eigenvalue weighted by Gasteiger charge is 2.51. The lowest BCUT2D eigenvalue weighted by atomic mass is 10.1. The van der Waals surface area contributed by atoms with Gasteiger partial charge in [0.2, 0.25) is 5.67 Å². The molecule has 0 aliphatic rings. The standard InChI is InChI=1S/C5H8F4S/c1-4(6,2-3-10)5(7,8)9/h10H,2-3H2,1H3. The first-order chi connectivity index (χ1) is 4.31. The molecule has 0 radical (unpaired) electrons. The zero-order chi connectivity index (χ0) is 8.41. The van der Waals surface area contributed by atoms with Gasteiger partial charge in [0.05, 0.1) is 0 Å². The smallest absolute Gasteiger partial charge is 0.234 e. The van der Waals surface area contributed by atoms with Gasteiger partial charge in [0.15, 0.2) is 0 Å². The summed E-state index contributed by atoms with van der Waals surface area (Å²) < 4.78 is 47.3. The average Bonchev–Trinajstić information content (AvgIpc) is 1.61. The molecule has 0 spiro atoms. The minimum Gasteiger partial charge on any atom is -0.234 e. The lowest BCUT2D eigenvalue weighted by molar-refractivity contribution is -0.224. The third kappa shape index (κ3) is 2.36. The number of hydrogen-bond donors (Lipinski definition) is 1. The molecule has 0 aromatic heterocycles. The first kappa shape index (κ1) is 10.1. The second-order valence-corrected chi connectivity index (χ2v) is 2.62. The van der Waals surface area contributed by atoms with Crippen LogP contribution in [0.5, 0.6) is 0 Å². The number of rotatable bonds is 2. The molecule has 62 valence electrons. The van der Waals surface area contributed by atoms with Gasteiger partial charge in [0, 0.05) is 0 Å². The Morgan fingerprint density at radius 3 is 1.70 bits per heavy atom. The van der Waals surface area contributed by atoms with Gasteiger partial charge < -0.3 is 0 Å². The minimum atomic E-state index is -4.77. The Morgan fingerprint density at radius 2 is 1.60 bits per heavy atom. The van der Waals surface area contributed by atoms with Crippen LogP contribution in [0.2, 0.25) is 0 Å². The Kier molecular flexibility index (Phi) is 3.00. The largest absolute Gasteiger partial charge is 0.422 e. The van der Waals surface area contributed by atoms with Crippen molar-refractivity contribution < 1.29 is 17.6 Å². The summed E-state index contributed by atoms with van der Waals surface area (Å²) in [6.45, 7) is 0.517. The molecule has 0 heterocycles. The number of alkyl halides is 4. The molecule has 0 N–H and O–H groups in total. The maximum atomic E-state index is 12.4. The summed E-state index contributed by atoms with van der Waals surface area (Å²) in [6.07, 6.45) is -5.37. The molecule has 1 unspecified atom stereocenters. The number of thiol groups is 1. The van der Waals surface area contributed by atoms with E-state index in [-0.39, 0.29) is 5.75 Å².